The molecular weight excluding hydrogens is 470 g/mol. The molecule has 0 N–H and O–H groups in total. The number of rotatable bonds is 6. The summed E-state index contributed by atoms with van der Waals surface area (Å²) in [5.41, 5.74) is 6.13. The Kier molecular flexibility index (Phi) is 5.82. The first-order chi connectivity index (χ1) is 18.8. The predicted octanol–water partition coefficient (Wildman–Crippen LogP) is 6.16. The zero-order valence-electron chi connectivity index (χ0n) is 21.0. The molecule has 0 unspecified atom stereocenters. The first kappa shape index (κ1) is 22.7. The van der Waals surface area contributed by atoms with E-state index in [2.05, 4.69) is 66.7 Å². The Hall–Kier alpha value is -4.51. The highest BCUT2D eigenvalue weighted by molar-refractivity contribution is 6.12. The van der Waals surface area contributed by atoms with E-state index in [0.29, 0.717) is 25.0 Å². The highest BCUT2D eigenvalue weighted by Crippen LogP contribution is 2.28. The van der Waals surface area contributed by atoms with Crippen molar-refractivity contribution in [3.63, 3.8) is 0 Å². The normalized spacial score (nSPS) is 18.7. The molecule has 5 aromatic rings. The van der Waals surface area contributed by atoms with Crippen molar-refractivity contribution in [3.05, 3.63) is 125 Å². The van der Waals surface area contributed by atoms with Crippen LogP contribution in [0.3, 0.4) is 0 Å². The maximum Gasteiger partial charge on any atom is 0.218 e. The van der Waals surface area contributed by atoms with Gasteiger partial charge in [0.15, 0.2) is 0 Å². The van der Waals surface area contributed by atoms with Crippen LogP contribution in [0.25, 0.3) is 21.8 Å². The number of pyridine rings is 1. The van der Waals surface area contributed by atoms with Gasteiger partial charge >= 0.3 is 0 Å². The van der Waals surface area contributed by atoms with Gasteiger partial charge in [-0.3, -0.25) is 0 Å². The standard InChI is InChI=1S/C33H27N3O2/c1-3-9-22(10-4-1)17-26-20-37-32(34-26)28-15-7-13-24-19-25-14-8-16-29(31(25)36-30(24)28)33-35-27(21-38-33)18-23-11-5-2-6-12-23/h1-16,19,26-27H,17-18,20-21H2/t26-,27-/m1/s1. The molecule has 5 nitrogen and oxygen atoms in total. The summed E-state index contributed by atoms with van der Waals surface area (Å²) in [7, 11) is 0. The van der Waals surface area contributed by atoms with E-state index in [-0.39, 0.29) is 12.1 Å². The van der Waals surface area contributed by atoms with Gasteiger partial charge in [-0.1, -0.05) is 84.9 Å². The van der Waals surface area contributed by atoms with E-state index >= 15 is 0 Å². The highest BCUT2D eigenvalue weighted by atomic mass is 16.5. The molecule has 0 spiro atoms. The number of nitrogens with zero attached hydrogens (tertiary/aromatic N) is 3. The summed E-state index contributed by atoms with van der Waals surface area (Å²) in [5, 5.41) is 2.11. The first-order valence-corrected chi connectivity index (χ1v) is 13.1. The van der Waals surface area contributed by atoms with Gasteiger partial charge in [0.25, 0.3) is 0 Å². The van der Waals surface area contributed by atoms with Crippen LogP contribution < -0.4 is 0 Å². The second kappa shape index (κ2) is 9.75. The molecule has 0 amide bonds. The molecule has 2 atom stereocenters. The van der Waals surface area contributed by atoms with E-state index in [4.69, 9.17) is 24.4 Å². The average Bonchev–Trinajstić information content (AvgIpc) is 3.62. The monoisotopic (exact) mass is 497 g/mol. The fourth-order valence-corrected chi connectivity index (χ4v) is 5.34. The third-order valence-electron chi connectivity index (χ3n) is 7.18. The Morgan fingerprint density at radius 1 is 0.553 bits per heavy atom. The summed E-state index contributed by atoms with van der Waals surface area (Å²) in [6.45, 7) is 1.15. The van der Waals surface area contributed by atoms with E-state index in [1.54, 1.807) is 0 Å². The average molecular weight is 498 g/mol. The summed E-state index contributed by atoms with van der Waals surface area (Å²) in [4.78, 5) is 15.0. The summed E-state index contributed by atoms with van der Waals surface area (Å²) in [6.07, 6.45) is 1.72. The maximum atomic E-state index is 6.11. The van der Waals surface area contributed by atoms with Gasteiger partial charge < -0.3 is 9.47 Å². The fourth-order valence-electron chi connectivity index (χ4n) is 5.34. The van der Waals surface area contributed by atoms with Gasteiger partial charge in [0.2, 0.25) is 11.8 Å². The second-order valence-electron chi connectivity index (χ2n) is 9.92. The van der Waals surface area contributed by atoms with Crippen LogP contribution in [0.15, 0.2) is 113 Å². The SMILES string of the molecule is c1ccc(C[C@@H]2COC(c3cccc4cc5cccc(C6=N[C@H](Cc7ccccc7)CO6)c5nc34)=N2)cc1. The third kappa shape index (κ3) is 4.41. The molecule has 2 aliphatic heterocycles. The van der Waals surface area contributed by atoms with Crippen LogP contribution in [0.4, 0.5) is 0 Å². The quantitative estimate of drug-likeness (QED) is 0.264. The van der Waals surface area contributed by atoms with E-state index in [1.807, 2.05) is 36.4 Å². The van der Waals surface area contributed by atoms with Crippen molar-refractivity contribution in [2.24, 2.45) is 9.98 Å². The molecule has 0 fully saturated rings. The molecular formula is C33H27N3O2. The number of hydrogen-bond acceptors (Lipinski definition) is 5. The summed E-state index contributed by atoms with van der Waals surface area (Å²) in [6, 6.07) is 35.6. The fraction of sp³-hybridized carbons (Fsp3) is 0.182. The lowest BCUT2D eigenvalue weighted by Crippen LogP contribution is -2.09. The number of ether oxygens (including phenoxy) is 2. The third-order valence-corrected chi connectivity index (χ3v) is 7.18. The van der Waals surface area contributed by atoms with Crippen molar-refractivity contribution in [1.82, 2.24) is 4.98 Å². The number of aliphatic imine (C=N–C) groups is 2. The molecule has 186 valence electrons. The minimum atomic E-state index is 0.0986. The van der Waals surface area contributed by atoms with Crippen LogP contribution in [0.5, 0.6) is 0 Å². The van der Waals surface area contributed by atoms with Crippen molar-refractivity contribution in [3.8, 4) is 0 Å². The molecule has 0 aliphatic carbocycles. The lowest BCUT2D eigenvalue weighted by molar-refractivity contribution is 0.317. The lowest BCUT2D eigenvalue weighted by Gasteiger charge is -2.10. The van der Waals surface area contributed by atoms with Crippen LogP contribution in [-0.2, 0) is 22.3 Å². The minimum absolute atomic E-state index is 0.0986. The highest BCUT2D eigenvalue weighted by Gasteiger charge is 2.25. The van der Waals surface area contributed by atoms with E-state index < -0.39 is 0 Å². The lowest BCUT2D eigenvalue weighted by atomic mass is 10.0. The number of aromatic nitrogens is 1. The zero-order chi connectivity index (χ0) is 25.3. The molecule has 1 aromatic heterocycles. The maximum absolute atomic E-state index is 6.11. The minimum Gasteiger partial charge on any atom is -0.475 e. The van der Waals surface area contributed by atoms with Gasteiger partial charge in [-0.2, -0.15) is 0 Å². The molecule has 0 saturated carbocycles. The molecule has 4 aromatic carbocycles. The van der Waals surface area contributed by atoms with Gasteiger partial charge in [0, 0.05) is 10.8 Å². The first-order valence-electron chi connectivity index (χ1n) is 13.1. The van der Waals surface area contributed by atoms with Gasteiger partial charge in [-0.15, -0.1) is 0 Å². The number of fused-ring (bicyclic) bond motifs is 2. The van der Waals surface area contributed by atoms with Crippen molar-refractivity contribution in [2.75, 3.05) is 13.2 Å². The van der Waals surface area contributed by atoms with E-state index in [9.17, 15) is 0 Å². The molecule has 5 heteroatoms. The predicted molar refractivity (Wildman–Crippen MR) is 152 cm³/mol. The smallest absolute Gasteiger partial charge is 0.218 e. The Balaban J connectivity index is 1.24. The van der Waals surface area contributed by atoms with Gasteiger partial charge in [-0.25, -0.2) is 15.0 Å². The van der Waals surface area contributed by atoms with Crippen LogP contribution >= 0.6 is 0 Å². The van der Waals surface area contributed by atoms with Crippen molar-refractivity contribution >= 4 is 33.6 Å². The largest absolute Gasteiger partial charge is 0.475 e. The molecule has 0 bridgehead atoms. The van der Waals surface area contributed by atoms with Crippen molar-refractivity contribution in [1.29, 1.82) is 0 Å². The van der Waals surface area contributed by atoms with Gasteiger partial charge in [-0.05, 0) is 42.2 Å². The topological polar surface area (TPSA) is 56.1 Å². The Morgan fingerprint density at radius 2 is 1.03 bits per heavy atom. The van der Waals surface area contributed by atoms with Crippen LogP contribution in [0, 0.1) is 0 Å². The zero-order valence-corrected chi connectivity index (χ0v) is 21.0. The molecule has 3 heterocycles. The number of hydrogen-bond donors (Lipinski definition) is 0. The summed E-state index contributed by atoms with van der Waals surface area (Å²) < 4.78 is 12.2. The van der Waals surface area contributed by atoms with Crippen molar-refractivity contribution < 1.29 is 9.47 Å². The van der Waals surface area contributed by atoms with E-state index in [1.165, 1.54) is 11.1 Å². The van der Waals surface area contributed by atoms with Crippen LogP contribution in [0.2, 0.25) is 0 Å². The van der Waals surface area contributed by atoms with Crippen LogP contribution in [-0.4, -0.2) is 42.1 Å². The summed E-state index contributed by atoms with van der Waals surface area (Å²) in [5.74, 6) is 1.33. The molecule has 2 aliphatic rings. The second-order valence-corrected chi connectivity index (χ2v) is 9.92. The van der Waals surface area contributed by atoms with Gasteiger partial charge in [0.05, 0.1) is 34.2 Å². The molecule has 38 heavy (non-hydrogen) atoms. The Morgan fingerprint density at radius 3 is 1.50 bits per heavy atom. The summed E-state index contributed by atoms with van der Waals surface area (Å²) >= 11 is 0. The number of para-hydroxylation sites is 2. The van der Waals surface area contributed by atoms with Gasteiger partial charge in [0.1, 0.15) is 13.2 Å². The molecule has 7 rings (SSSR count). The van der Waals surface area contributed by atoms with Crippen LogP contribution in [0.1, 0.15) is 22.3 Å². The number of benzene rings is 4. The molecule has 0 saturated heterocycles. The Bertz CT molecular complexity index is 1560. The molecule has 0 radical (unpaired) electrons. The van der Waals surface area contributed by atoms with Crippen molar-refractivity contribution in [2.45, 2.75) is 24.9 Å². The van der Waals surface area contributed by atoms with E-state index in [0.717, 1.165) is 45.8 Å². The Labute approximate surface area is 221 Å².